The fraction of sp³-hybridized carbons (Fsp3) is 0.200. The molecule has 0 aliphatic heterocycles. The summed E-state index contributed by atoms with van der Waals surface area (Å²) < 4.78 is 76.5. The summed E-state index contributed by atoms with van der Waals surface area (Å²) in [6.07, 6.45) is -4.95. The number of esters is 1. The van der Waals surface area contributed by atoms with E-state index in [0.29, 0.717) is 0 Å². The van der Waals surface area contributed by atoms with Gasteiger partial charge in [0.1, 0.15) is 24.7 Å². The van der Waals surface area contributed by atoms with Gasteiger partial charge in [-0.05, 0) is 49.4 Å². The van der Waals surface area contributed by atoms with E-state index < -0.39 is 50.2 Å². The van der Waals surface area contributed by atoms with Crippen LogP contribution in [0.25, 0.3) is 0 Å². The standard InChI is InChI=1S/C20H18F3NO8S/c1-12(2)19(27)31-10-9-30-14-5-8-16(17(25)11-14)18(26)24-33(28,29)15-6-3-13(4-7-15)32-20(21,22)23/h3-8,11,25H,1,9-10H2,2H3,(H,24,26)/p-1. The normalized spacial score (nSPS) is 11.4. The molecule has 2 aromatic rings. The molecule has 9 nitrogen and oxygen atoms in total. The minimum absolute atomic E-state index is 0.0473. The van der Waals surface area contributed by atoms with Crippen LogP contribution in [0.2, 0.25) is 0 Å². The lowest BCUT2D eigenvalue weighted by atomic mass is 10.2. The van der Waals surface area contributed by atoms with E-state index in [2.05, 4.69) is 11.3 Å². The Kier molecular flexibility index (Phi) is 7.93. The minimum atomic E-state index is -4.95. The summed E-state index contributed by atoms with van der Waals surface area (Å²) in [5.41, 5.74) is -0.315. The van der Waals surface area contributed by atoms with Crippen molar-refractivity contribution in [1.82, 2.24) is 4.72 Å². The lowest BCUT2D eigenvalue weighted by molar-refractivity contribution is -0.274. The zero-order valence-corrected chi connectivity index (χ0v) is 17.8. The number of alkyl halides is 3. The average molecular weight is 488 g/mol. The molecule has 178 valence electrons. The highest BCUT2D eigenvalue weighted by Gasteiger charge is 2.31. The molecule has 0 fully saturated rings. The number of halogens is 3. The number of sulfonamides is 1. The molecule has 1 N–H and O–H groups in total. The highest BCUT2D eigenvalue weighted by Crippen LogP contribution is 2.25. The summed E-state index contributed by atoms with van der Waals surface area (Å²) in [4.78, 5) is 23.0. The first kappa shape index (κ1) is 25.5. The molecule has 2 rings (SSSR count). The van der Waals surface area contributed by atoms with Crippen LogP contribution in [0.4, 0.5) is 13.2 Å². The zero-order chi connectivity index (χ0) is 24.8. The number of carbonyl (C=O) groups is 2. The van der Waals surface area contributed by atoms with E-state index in [-0.39, 0.29) is 24.5 Å². The van der Waals surface area contributed by atoms with Crippen molar-refractivity contribution in [1.29, 1.82) is 0 Å². The van der Waals surface area contributed by atoms with Crippen LogP contribution in [-0.2, 0) is 19.6 Å². The summed E-state index contributed by atoms with van der Waals surface area (Å²) >= 11 is 0. The van der Waals surface area contributed by atoms with Gasteiger partial charge in [-0.1, -0.05) is 12.3 Å². The molecular formula is C20H17F3NO8S-. The molecule has 2 aromatic carbocycles. The first-order valence-electron chi connectivity index (χ1n) is 8.98. The van der Waals surface area contributed by atoms with Gasteiger partial charge in [0.25, 0.3) is 15.9 Å². The molecule has 0 heterocycles. The van der Waals surface area contributed by atoms with Gasteiger partial charge in [0.15, 0.2) is 0 Å². The van der Waals surface area contributed by atoms with Gasteiger partial charge in [0.2, 0.25) is 0 Å². The predicted octanol–water partition coefficient (Wildman–Crippen LogP) is 2.28. The molecule has 0 atom stereocenters. The summed E-state index contributed by atoms with van der Waals surface area (Å²) in [7, 11) is -4.49. The Balaban J connectivity index is 2.01. The summed E-state index contributed by atoms with van der Waals surface area (Å²) in [6.45, 7) is 4.66. The van der Waals surface area contributed by atoms with Crippen LogP contribution in [0.3, 0.4) is 0 Å². The van der Waals surface area contributed by atoms with Crippen molar-refractivity contribution in [3.8, 4) is 17.2 Å². The Morgan fingerprint density at radius 1 is 1.06 bits per heavy atom. The Labute approximate surface area is 186 Å². The van der Waals surface area contributed by atoms with Crippen molar-refractivity contribution in [2.24, 2.45) is 0 Å². The van der Waals surface area contributed by atoms with Crippen molar-refractivity contribution in [2.45, 2.75) is 18.2 Å². The topological polar surface area (TPSA) is 131 Å². The van der Waals surface area contributed by atoms with Crippen molar-refractivity contribution in [2.75, 3.05) is 13.2 Å². The van der Waals surface area contributed by atoms with Gasteiger partial charge in [0, 0.05) is 11.1 Å². The Morgan fingerprint density at radius 3 is 2.21 bits per heavy atom. The van der Waals surface area contributed by atoms with Crippen molar-refractivity contribution >= 4 is 21.9 Å². The highest BCUT2D eigenvalue weighted by molar-refractivity contribution is 7.90. The van der Waals surface area contributed by atoms with Crippen LogP contribution < -0.4 is 19.3 Å². The summed E-state index contributed by atoms with van der Waals surface area (Å²) in [5.74, 6) is -3.32. The van der Waals surface area contributed by atoms with Crippen molar-refractivity contribution in [3.63, 3.8) is 0 Å². The van der Waals surface area contributed by atoms with E-state index in [1.165, 1.54) is 13.0 Å². The monoisotopic (exact) mass is 488 g/mol. The van der Waals surface area contributed by atoms with Gasteiger partial charge in [-0.25, -0.2) is 17.9 Å². The third-order valence-corrected chi connectivity index (χ3v) is 5.07. The second kappa shape index (κ2) is 10.3. The third kappa shape index (κ3) is 7.71. The number of hydrogen-bond donors (Lipinski definition) is 1. The van der Waals surface area contributed by atoms with E-state index in [4.69, 9.17) is 9.47 Å². The van der Waals surface area contributed by atoms with E-state index in [9.17, 15) is 36.3 Å². The summed E-state index contributed by atoms with van der Waals surface area (Å²) in [5, 5.41) is 12.2. The molecule has 0 aliphatic carbocycles. The van der Waals surface area contributed by atoms with Gasteiger partial charge in [0.05, 0.1) is 4.90 Å². The molecule has 13 heteroatoms. The fourth-order valence-electron chi connectivity index (χ4n) is 2.25. The van der Waals surface area contributed by atoms with Crippen molar-refractivity contribution in [3.05, 3.63) is 60.2 Å². The van der Waals surface area contributed by atoms with E-state index in [1.807, 2.05) is 0 Å². The highest BCUT2D eigenvalue weighted by atomic mass is 32.2. The molecule has 0 bridgehead atoms. The van der Waals surface area contributed by atoms with Gasteiger partial charge in [-0.3, -0.25) is 4.79 Å². The molecule has 33 heavy (non-hydrogen) atoms. The molecular weight excluding hydrogens is 471 g/mol. The Morgan fingerprint density at radius 2 is 1.67 bits per heavy atom. The lowest BCUT2D eigenvalue weighted by Gasteiger charge is -2.16. The Hall–Kier alpha value is -3.74. The van der Waals surface area contributed by atoms with Gasteiger partial charge in [-0.2, -0.15) is 0 Å². The second-order valence-electron chi connectivity index (χ2n) is 6.38. The number of rotatable bonds is 9. The van der Waals surface area contributed by atoms with Crippen LogP contribution in [0.1, 0.15) is 17.3 Å². The molecule has 0 radical (unpaired) electrons. The third-order valence-electron chi connectivity index (χ3n) is 3.73. The molecule has 0 unspecified atom stereocenters. The van der Waals surface area contributed by atoms with E-state index in [1.54, 1.807) is 4.72 Å². The number of amides is 1. The van der Waals surface area contributed by atoms with Crippen LogP contribution in [0.5, 0.6) is 17.2 Å². The second-order valence-corrected chi connectivity index (χ2v) is 8.06. The smallest absolute Gasteiger partial charge is 0.573 e. The molecule has 0 aliphatic rings. The minimum Gasteiger partial charge on any atom is -0.872 e. The van der Waals surface area contributed by atoms with Crippen LogP contribution in [0, 0.1) is 0 Å². The maximum absolute atomic E-state index is 12.3. The number of hydrogen-bond acceptors (Lipinski definition) is 8. The van der Waals surface area contributed by atoms with Gasteiger partial charge >= 0.3 is 12.3 Å². The molecule has 0 saturated carbocycles. The first-order valence-corrected chi connectivity index (χ1v) is 10.5. The Bertz CT molecular complexity index is 1140. The largest absolute Gasteiger partial charge is 0.872 e. The average Bonchev–Trinajstić information content (AvgIpc) is 2.69. The van der Waals surface area contributed by atoms with Crippen LogP contribution in [0.15, 0.2) is 59.5 Å². The number of ether oxygens (including phenoxy) is 3. The molecule has 1 amide bonds. The van der Waals surface area contributed by atoms with Crippen LogP contribution >= 0.6 is 0 Å². The molecule has 0 saturated heterocycles. The van der Waals surface area contributed by atoms with E-state index >= 15 is 0 Å². The van der Waals surface area contributed by atoms with Gasteiger partial charge in [-0.15, -0.1) is 13.2 Å². The zero-order valence-electron chi connectivity index (χ0n) is 17.0. The lowest BCUT2D eigenvalue weighted by Crippen LogP contribution is -2.31. The molecule has 0 aromatic heterocycles. The predicted molar refractivity (Wildman–Crippen MR) is 105 cm³/mol. The number of nitrogens with one attached hydrogen (secondary N) is 1. The van der Waals surface area contributed by atoms with Crippen LogP contribution in [-0.4, -0.2) is 39.9 Å². The number of benzene rings is 2. The maximum atomic E-state index is 12.3. The summed E-state index contributed by atoms with van der Waals surface area (Å²) in [6, 6.07) is 6.30. The SMILES string of the molecule is C=C(C)C(=O)OCCOc1ccc(C(=O)NS(=O)(=O)c2ccc(OC(F)(F)F)cc2)c([O-])c1. The first-order chi connectivity index (χ1) is 15.3. The number of carbonyl (C=O) groups excluding carboxylic acids is 2. The maximum Gasteiger partial charge on any atom is 0.573 e. The van der Waals surface area contributed by atoms with Gasteiger partial charge < -0.3 is 19.3 Å². The van der Waals surface area contributed by atoms with Crippen molar-refractivity contribution < 1.29 is 50.5 Å². The van der Waals surface area contributed by atoms with E-state index in [0.717, 1.165) is 36.4 Å². The molecule has 0 spiro atoms. The quantitative estimate of drug-likeness (QED) is 0.323. The fourth-order valence-corrected chi connectivity index (χ4v) is 3.22.